The molecular weight excluding hydrogens is 611 g/mol. The van der Waals surface area contributed by atoms with Crippen LogP contribution in [-0.4, -0.2) is 48.1 Å². The van der Waals surface area contributed by atoms with Gasteiger partial charge in [0.05, 0.1) is 36.5 Å². The van der Waals surface area contributed by atoms with Crippen LogP contribution in [-0.2, 0) is 51.4 Å². The van der Waals surface area contributed by atoms with E-state index in [1.165, 1.54) is 48.4 Å². The summed E-state index contributed by atoms with van der Waals surface area (Å²) in [4.78, 5) is 49.3. The van der Waals surface area contributed by atoms with E-state index < -0.39 is 34.6 Å². The van der Waals surface area contributed by atoms with E-state index in [9.17, 15) is 37.7 Å². The average Bonchev–Trinajstić information content (AvgIpc) is 3.15. The predicted octanol–water partition coefficient (Wildman–Crippen LogP) is 5.57. The van der Waals surface area contributed by atoms with Crippen LogP contribution in [0.25, 0.3) is 0 Å². The number of hydrogen-bond acceptors (Lipinski definition) is 8. The number of alkyl carbamates (subject to hydrolysis) is 1. The molecule has 46 heavy (non-hydrogen) atoms. The Hall–Kier alpha value is -5.14. The summed E-state index contributed by atoms with van der Waals surface area (Å²) in [5, 5.41) is 13.3. The molecule has 0 fully saturated rings. The van der Waals surface area contributed by atoms with Gasteiger partial charge in [0, 0.05) is 31.8 Å². The molecule has 2 amide bonds. The van der Waals surface area contributed by atoms with E-state index in [1.807, 2.05) is 6.07 Å². The second-order valence-corrected chi connectivity index (χ2v) is 10.6. The Kier molecular flexibility index (Phi) is 11.2. The van der Waals surface area contributed by atoms with Crippen LogP contribution in [0.3, 0.4) is 0 Å². The molecular formula is C32H32F3N3O8. The Morgan fingerprint density at radius 2 is 1.72 bits per heavy atom. The van der Waals surface area contributed by atoms with Crippen molar-refractivity contribution in [3.63, 3.8) is 0 Å². The number of nitrogens with zero attached hydrogens (tertiary/aromatic N) is 2. The van der Waals surface area contributed by atoms with Gasteiger partial charge < -0.3 is 24.4 Å². The highest BCUT2D eigenvalue weighted by molar-refractivity contribution is 5.84. The number of carbonyl (C=O) groups is 3. The topological polar surface area (TPSA) is 137 Å². The fourth-order valence-corrected chi connectivity index (χ4v) is 4.90. The highest BCUT2D eigenvalue weighted by Crippen LogP contribution is 2.31. The standard InChI is InChI=1S/C32H32F3N3O8/c1-44-29(39)17-24-15-23-7-12-28(45-14-2-13-36-31(41)46-20-22-5-10-27(11-6-22)38(42)43)16-25(23)19-37(30(24)40)18-21-3-8-26(9-4-21)32(33,34)35/h3-12,16,24H,2,13-15,17-20H2,1H3,(H,36,41)/t24-/m0/s1. The van der Waals surface area contributed by atoms with Crippen LogP contribution in [0.1, 0.15) is 40.7 Å². The predicted molar refractivity (Wildman–Crippen MR) is 157 cm³/mol. The maximum atomic E-state index is 13.5. The van der Waals surface area contributed by atoms with Gasteiger partial charge >= 0.3 is 18.2 Å². The van der Waals surface area contributed by atoms with E-state index in [0.717, 1.165) is 23.3 Å². The molecule has 244 valence electrons. The molecule has 0 radical (unpaired) electrons. The largest absolute Gasteiger partial charge is 0.494 e. The lowest BCUT2D eigenvalue weighted by Gasteiger charge is -2.24. The number of nitro groups is 1. The number of nitrogens with one attached hydrogen (secondary N) is 1. The Morgan fingerprint density at radius 3 is 2.37 bits per heavy atom. The van der Waals surface area contributed by atoms with Crippen molar-refractivity contribution in [3.05, 3.63) is 105 Å². The molecule has 3 aromatic rings. The molecule has 11 nitrogen and oxygen atoms in total. The Bertz CT molecular complexity index is 1550. The summed E-state index contributed by atoms with van der Waals surface area (Å²) in [6.45, 7) is 0.668. The SMILES string of the molecule is COC(=O)C[C@@H]1Cc2ccc(OCCCNC(=O)OCc3ccc([N+](=O)[O-])cc3)cc2CN(Cc2ccc(C(F)(F)F)cc2)C1=O. The third-order valence-electron chi connectivity index (χ3n) is 7.34. The zero-order chi connectivity index (χ0) is 33.3. The Labute approximate surface area is 262 Å². The number of alkyl halides is 3. The molecule has 1 N–H and O–H groups in total. The lowest BCUT2D eigenvalue weighted by molar-refractivity contribution is -0.384. The molecule has 14 heteroatoms. The summed E-state index contributed by atoms with van der Waals surface area (Å²) in [5.41, 5.74) is 1.87. The smallest absolute Gasteiger partial charge is 0.416 e. The molecule has 1 aliphatic heterocycles. The molecule has 0 saturated heterocycles. The lowest BCUT2D eigenvalue weighted by Crippen LogP contribution is -2.35. The van der Waals surface area contributed by atoms with Gasteiger partial charge in [0.25, 0.3) is 5.69 Å². The van der Waals surface area contributed by atoms with Crippen LogP contribution in [0.4, 0.5) is 23.7 Å². The Balaban J connectivity index is 1.33. The van der Waals surface area contributed by atoms with Gasteiger partial charge in [0.2, 0.25) is 5.91 Å². The number of fused-ring (bicyclic) bond motifs is 1. The fourth-order valence-electron chi connectivity index (χ4n) is 4.90. The number of halogens is 3. The van der Waals surface area contributed by atoms with Gasteiger partial charge in [-0.25, -0.2) is 4.79 Å². The highest BCUT2D eigenvalue weighted by Gasteiger charge is 2.33. The summed E-state index contributed by atoms with van der Waals surface area (Å²) in [5.74, 6) is -1.04. The van der Waals surface area contributed by atoms with Crippen molar-refractivity contribution >= 4 is 23.7 Å². The van der Waals surface area contributed by atoms with Crippen LogP contribution in [0.2, 0.25) is 0 Å². The van der Waals surface area contributed by atoms with Crippen molar-refractivity contribution in [3.8, 4) is 5.75 Å². The first-order chi connectivity index (χ1) is 21.9. The van der Waals surface area contributed by atoms with Crippen LogP contribution in [0, 0.1) is 16.0 Å². The molecule has 0 unspecified atom stereocenters. The number of non-ortho nitro benzene ring substituents is 1. The maximum Gasteiger partial charge on any atom is 0.416 e. The highest BCUT2D eigenvalue weighted by atomic mass is 19.4. The molecule has 0 spiro atoms. The van der Waals surface area contributed by atoms with Crippen molar-refractivity contribution in [2.75, 3.05) is 20.3 Å². The molecule has 1 aliphatic rings. The number of rotatable bonds is 12. The molecule has 0 bridgehead atoms. The van der Waals surface area contributed by atoms with Gasteiger partial charge in [0.15, 0.2) is 0 Å². The molecule has 1 atom stereocenters. The van der Waals surface area contributed by atoms with E-state index in [2.05, 4.69) is 5.32 Å². The minimum Gasteiger partial charge on any atom is -0.494 e. The number of amides is 2. The number of carbonyl (C=O) groups excluding carboxylic acids is 3. The fraction of sp³-hybridized carbons (Fsp3) is 0.344. The van der Waals surface area contributed by atoms with Crippen LogP contribution in [0.15, 0.2) is 66.7 Å². The van der Waals surface area contributed by atoms with Gasteiger partial charge in [-0.05, 0) is 71.5 Å². The van der Waals surface area contributed by atoms with Crippen LogP contribution < -0.4 is 10.1 Å². The van der Waals surface area contributed by atoms with Gasteiger partial charge in [-0.1, -0.05) is 18.2 Å². The zero-order valence-electron chi connectivity index (χ0n) is 24.9. The van der Waals surface area contributed by atoms with Crippen molar-refractivity contribution in [2.24, 2.45) is 5.92 Å². The third kappa shape index (κ3) is 9.43. The molecule has 0 aromatic heterocycles. The van der Waals surface area contributed by atoms with Crippen molar-refractivity contribution in [1.29, 1.82) is 0 Å². The molecule has 1 heterocycles. The monoisotopic (exact) mass is 643 g/mol. The van der Waals surface area contributed by atoms with E-state index in [0.29, 0.717) is 23.3 Å². The van der Waals surface area contributed by atoms with Crippen LogP contribution >= 0.6 is 0 Å². The number of esters is 1. The van der Waals surface area contributed by atoms with Crippen molar-refractivity contribution < 1.29 is 46.7 Å². The number of hydrogen-bond donors (Lipinski definition) is 1. The minimum atomic E-state index is -4.48. The first-order valence-corrected chi connectivity index (χ1v) is 14.3. The number of methoxy groups -OCH3 is 1. The molecule has 3 aromatic carbocycles. The zero-order valence-corrected chi connectivity index (χ0v) is 24.9. The second-order valence-electron chi connectivity index (χ2n) is 10.6. The number of benzene rings is 3. The molecule has 0 aliphatic carbocycles. The second kappa shape index (κ2) is 15.2. The third-order valence-corrected chi connectivity index (χ3v) is 7.34. The number of ether oxygens (including phenoxy) is 3. The van der Waals surface area contributed by atoms with Crippen molar-refractivity contribution in [2.45, 2.75) is 45.1 Å². The maximum absolute atomic E-state index is 13.5. The average molecular weight is 644 g/mol. The quantitative estimate of drug-likeness (QED) is 0.117. The summed E-state index contributed by atoms with van der Waals surface area (Å²) in [6.07, 6.45) is -4.54. The van der Waals surface area contributed by atoms with E-state index >= 15 is 0 Å². The summed E-state index contributed by atoms with van der Waals surface area (Å²) < 4.78 is 54.8. The first kappa shape index (κ1) is 33.7. The Morgan fingerprint density at radius 1 is 1.02 bits per heavy atom. The van der Waals surface area contributed by atoms with E-state index in [4.69, 9.17) is 14.2 Å². The first-order valence-electron chi connectivity index (χ1n) is 14.3. The van der Waals surface area contributed by atoms with Crippen LogP contribution in [0.5, 0.6) is 5.75 Å². The number of nitro benzene ring substituents is 1. The van der Waals surface area contributed by atoms with Gasteiger partial charge in [-0.3, -0.25) is 19.7 Å². The van der Waals surface area contributed by atoms with Gasteiger partial charge in [-0.2, -0.15) is 13.2 Å². The summed E-state index contributed by atoms with van der Waals surface area (Å²) in [7, 11) is 1.24. The summed E-state index contributed by atoms with van der Waals surface area (Å²) in [6, 6.07) is 15.6. The van der Waals surface area contributed by atoms with E-state index in [-0.39, 0.29) is 57.3 Å². The van der Waals surface area contributed by atoms with E-state index in [1.54, 1.807) is 12.1 Å². The lowest BCUT2D eigenvalue weighted by atomic mass is 9.94. The van der Waals surface area contributed by atoms with Gasteiger partial charge in [-0.15, -0.1) is 0 Å². The van der Waals surface area contributed by atoms with Gasteiger partial charge in [0.1, 0.15) is 12.4 Å². The summed E-state index contributed by atoms with van der Waals surface area (Å²) >= 11 is 0. The normalized spacial score (nSPS) is 14.6. The molecule has 4 rings (SSSR count). The van der Waals surface area contributed by atoms with Crippen molar-refractivity contribution in [1.82, 2.24) is 10.2 Å². The molecule has 0 saturated carbocycles. The minimum absolute atomic E-state index is 0.0468.